The predicted octanol–water partition coefficient (Wildman–Crippen LogP) is 4.08. The molecule has 4 nitrogen and oxygen atoms in total. The van der Waals surface area contributed by atoms with Gasteiger partial charge in [-0.15, -0.1) is 0 Å². The number of carbonyl (C=O) groups is 1. The molecule has 0 aromatic heterocycles. The molecule has 2 N–H and O–H groups in total. The third-order valence-corrected chi connectivity index (χ3v) is 4.71. The highest BCUT2D eigenvalue weighted by atomic mass is 16.5. The van der Waals surface area contributed by atoms with E-state index in [0.29, 0.717) is 6.61 Å². The number of esters is 1. The van der Waals surface area contributed by atoms with Crippen LogP contribution >= 0.6 is 0 Å². The van der Waals surface area contributed by atoms with Gasteiger partial charge in [0, 0.05) is 5.92 Å². The molecule has 3 rings (SSSR count). The van der Waals surface area contributed by atoms with Crippen LogP contribution < -0.4 is 5.73 Å². The van der Waals surface area contributed by atoms with Crippen molar-refractivity contribution in [2.45, 2.75) is 45.4 Å². The summed E-state index contributed by atoms with van der Waals surface area (Å²) in [5.74, 6) is -0.803. The molecular weight excluding hydrogens is 326 g/mol. The summed E-state index contributed by atoms with van der Waals surface area (Å²) in [4.78, 5) is 12.5. The largest absolute Gasteiger partial charge is 0.464 e. The molecule has 0 saturated heterocycles. The standard InChI is InChI=1S/C22H27NO3/c1-14(20(23)26-22(2,3)4)21(24)25-13-19-17-11-7-5-9-15(17)16-10-6-8-12-18(16)19/h5-12,14,19-20H,13,23H2,1-4H3. The fourth-order valence-electron chi connectivity index (χ4n) is 3.38. The van der Waals surface area contributed by atoms with Crippen LogP contribution in [0.4, 0.5) is 0 Å². The predicted molar refractivity (Wildman–Crippen MR) is 103 cm³/mol. The Morgan fingerprint density at radius 1 is 1.04 bits per heavy atom. The van der Waals surface area contributed by atoms with Crippen molar-refractivity contribution in [1.29, 1.82) is 0 Å². The van der Waals surface area contributed by atoms with E-state index in [2.05, 4.69) is 24.3 Å². The summed E-state index contributed by atoms with van der Waals surface area (Å²) in [6.07, 6.45) is -0.689. The number of benzene rings is 2. The van der Waals surface area contributed by atoms with E-state index in [-0.39, 0.29) is 11.9 Å². The minimum Gasteiger partial charge on any atom is -0.464 e. The maximum absolute atomic E-state index is 12.5. The molecule has 0 aliphatic heterocycles. The van der Waals surface area contributed by atoms with Gasteiger partial charge in [0.1, 0.15) is 12.8 Å². The van der Waals surface area contributed by atoms with Crippen LogP contribution in [0, 0.1) is 5.92 Å². The van der Waals surface area contributed by atoms with E-state index in [1.165, 1.54) is 22.3 Å². The molecule has 26 heavy (non-hydrogen) atoms. The van der Waals surface area contributed by atoms with Gasteiger partial charge in [-0.25, -0.2) is 0 Å². The van der Waals surface area contributed by atoms with Crippen LogP contribution in [-0.4, -0.2) is 24.4 Å². The zero-order valence-corrected chi connectivity index (χ0v) is 15.9. The maximum Gasteiger partial charge on any atom is 0.312 e. The van der Waals surface area contributed by atoms with E-state index in [4.69, 9.17) is 15.2 Å². The summed E-state index contributed by atoms with van der Waals surface area (Å²) in [5.41, 5.74) is 10.4. The van der Waals surface area contributed by atoms with Crippen molar-refractivity contribution in [2.24, 2.45) is 11.7 Å². The highest BCUT2D eigenvalue weighted by molar-refractivity contribution is 5.79. The molecule has 138 valence electrons. The molecular formula is C22H27NO3. The first-order chi connectivity index (χ1) is 12.3. The van der Waals surface area contributed by atoms with Gasteiger partial charge in [-0.1, -0.05) is 48.5 Å². The molecule has 2 unspecified atom stereocenters. The number of ether oxygens (including phenoxy) is 2. The number of nitrogens with two attached hydrogens (primary N) is 1. The third-order valence-electron chi connectivity index (χ3n) is 4.71. The summed E-state index contributed by atoms with van der Waals surface area (Å²) in [6.45, 7) is 7.79. The molecule has 2 aromatic carbocycles. The summed E-state index contributed by atoms with van der Waals surface area (Å²) in [6, 6.07) is 16.6. The molecule has 2 aromatic rings. The van der Waals surface area contributed by atoms with Crippen molar-refractivity contribution in [2.75, 3.05) is 6.61 Å². The van der Waals surface area contributed by atoms with Crippen molar-refractivity contribution in [3.8, 4) is 11.1 Å². The SMILES string of the molecule is CC(C(=O)OCC1c2ccccc2-c2ccccc21)C(N)OC(C)(C)C. The minimum absolute atomic E-state index is 0.0540. The van der Waals surface area contributed by atoms with Gasteiger partial charge in [0.05, 0.1) is 11.5 Å². The van der Waals surface area contributed by atoms with Gasteiger partial charge in [-0.05, 0) is 49.9 Å². The van der Waals surface area contributed by atoms with E-state index < -0.39 is 17.7 Å². The Morgan fingerprint density at radius 3 is 2.04 bits per heavy atom. The van der Waals surface area contributed by atoms with Gasteiger partial charge in [0.25, 0.3) is 0 Å². The number of carbonyl (C=O) groups excluding carboxylic acids is 1. The van der Waals surface area contributed by atoms with Crippen LogP contribution in [0.25, 0.3) is 11.1 Å². The highest BCUT2D eigenvalue weighted by Crippen LogP contribution is 2.44. The van der Waals surface area contributed by atoms with Crippen molar-refractivity contribution in [3.63, 3.8) is 0 Å². The van der Waals surface area contributed by atoms with E-state index in [1.54, 1.807) is 6.92 Å². The normalized spacial score (nSPS) is 15.9. The molecule has 0 saturated carbocycles. The number of hydrogen-bond donors (Lipinski definition) is 1. The number of fused-ring (bicyclic) bond motifs is 3. The van der Waals surface area contributed by atoms with Gasteiger partial charge in [-0.2, -0.15) is 0 Å². The van der Waals surface area contributed by atoms with Crippen molar-refractivity contribution < 1.29 is 14.3 Å². The first kappa shape index (κ1) is 18.6. The average molecular weight is 353 g/mol. The number of hydrogen-bond acceptors (Lipinski definition) is 4. The number of rotatable bonds is 5. The van der Waals surface area contributed by atoms with E-state index in [1.807, 2.05) is 45.0 Å². The minimum atomic E-state index is -0.689. The third kappa shape index (κ3) is 3.81. The Balaban J connectivity index is 1.71. The molecule has 0 radical (unpaired) electrons. The van der Waals surface area contributed by atoms with Gasteiger partial charge >= 0.3 is 5.97 Å². The fourth-order valence-corrected chi connectivity index (χ4v) is 3.38. The molecule has 1 aliphatic carbocycles. The molecule has 0 bridgehead atoms. The Hall–Kier alpha value is -2.17. The summed E-state index contributed by atoms with van der Waals surface area (Å²) in [7, 11) is 0. The highest BCUT2D eigenvalue weighted by Gasteiger charge is 2.31. The molecule has 2 atom stereocenters. The monoisotopic (exact) mass is 353 g/mol. The van der Waals surface area contributed by atoms with Crippen molar-refractivity contribution >= 4 is 5.97 Å². The Morgan fingerprint density at radius 2 is 1.54 bits per heavy atom. The average Bonchev–Trinajstić information content (AvgIpc) is 2.91. The quantitative estimate of drug-likeness (QED) is 0.650. The molecule has 0 amide bonds. The van der Waals surface area contributed by atoms with Crippen LogP contribution in [0.5, 0.6) is 0 Å². The van der Waals surface area contributed by atoms with E-state index >= 15 is 0 Å². The summed E-state index contributed by atoms with van der Waals surface area (Å²) < 4.78 is 11.3. The van der Waals surface area contributed by atoms with Gasteiger partial charge in [-0.3, -0.25) is 4.79 Å². The van der Waals surface area contributed by atoms with Crippen molar-refractivity contribution in [3.05, 3.63) is 59.7 Å². The second-order valence-corrected chi connectivity index (χ2v) is 7.84. The van der Waals surface area contributed by atoms with Crippen LogP contribution in [0.3, 0.4) is 0 Å². The molecule has 0 spiro atoms. The van der Waals surface area contributed by atoms with Crippen LogP contribution in [-0.2, 0) is 14.3 Å². The molecule has 4 heteroatoms. The zero-order chi connectivity index (χ0) is 18.9. The Kier molecular flexibility index (Phi) is 5.17. The molecule has 0 fully saturated rings. The molecule has 1 aliphatic rings. The van der Waals surface area contributed by atoms with E-state index in [0.717, 1.165) is 0 Å². The first-order valence-electron chi connectivity index (χ1n) is 9.06. The Bertz CT molecular complexity index is 748. The lowest BCUT2D eigenvalue weighted by Crippen LogP contribution is -2.42. The second-order valence-electron chi connectivity index (χ2n) is 7.84. The zero-order valence-electron chi connectivity index (χ0n) is 15.9. The maximum atomic E-state index is 12.5. The van der Waals surface area contributed by atoms with Crippen LogP contribution in [0.1, 0.15) is 44.7 Å². The smallest absolute Gasteiger partial charge is 0.312 e. The molecule has 0 heterocycles. The Labute approximate surface area is 155 Å². The summed E-state index contributed by atoms with van der Waals surface area (Å²) in [5, 5.41) is 0. The lowest BCUT2D eigenvalue weighted by atomic mass is 9.98. The summed E-state index contributed by atoms with van der Waals surface area (Å²) >= 11 is 0. The van der Waals surface area contributed by atoms with Crippen LogP contribution in [0.15, 0.2) is 48.5 Å². The lowest BCUT2D eigenvalue weighted by Gasteiger charge is -2.28. The van der Waals surface area contributed by atoms with Crippen molar-refractivity contribution in [1.82, 2.24) is 0 Å². The van der Waals surface area contributed by atoms with Crippen LogP contribution in [0.2, 0.25) is 0 Å². The van der Waals surface area contributed by atoms with Gasteiger partial charge in [0.15, 0.2) is 0 Å². The topological polar surface area (TPSA) is 61.5 Å². The lowest BCUT2D eigenvalue weighted by molar-refractivity contribution is -0.158. The van der Waals surface area contributed by atoms with Gasteiger partial charge in [0.2, 0.25) is 0 Å². The second kappa shape index (κ2) is 7.22. The fraction of sp³-hybridized carbons (Fsp3) is 0.409. The van der Waals surface area contributed by atoms with Gasteiger partial charge < -0.3 is 15.2 Å². The first-order valence-corrected chi connectivity index (χ1v) is 9.06. The van der Waals surface area contributed by atoms with E-state index in [9.17, 15) is 4.79 Å².